The topological polar surface area (TPSA) is 66.0 Å². The van der Waals surface area contributed by atoms with Crippen LogP contribution < -0.4 is 10.6 Å². The number of nitrogens with one attached hydrogen (secondary N) is 2. The van der Waals surface area contributed by atoms with Crippen LogP contribution in [0.25, 0.3) is 0 Å². The third-order valence-corrected chi connectivity index (χ3v) is 3.86. The molecule has 0 bridgehead atoms. The molecule has 1 saturated heterocycles. The molecule has 1 unspecified atom stereocenters. The monoisotopic (exact) mass is 318 g/mol. The lowest BCUT2D eigenvalue weighted by Gasteiger charge is -2.24. The number of nitrogens with zero attached hydrogens (tertiary/aromatic N) is 2. The fourth-order valence-electron chi connectivity index (χ4n) is 2.63. The van der Waals surface area contributed by atoms with Crippen LogP contribution >= 0.6 is 0 Å². The number of hydrogen-bond acceptors (Lipinski definition) is 3. The lowest BCUT2D eigenvalue weighted by molar-refractivity contribution is 0.0954. The Hall–Kier alpha value is -2.08. The van der Waals surface area contributed by atoms with E-state index in [1.54, 1.807) is 19.2 Å². The highest BCUT2D eigenvalue weighted by Gasteiger charge is 2.18. The standard InChI is InChI=1S/C17H26N4O2/c1-18-17(21(2)12-14-8-11-23-13-14)20-10-9-19-16(22)15-6-4-3-5-7-15/h3-7,14H,8-13H2,1-2H3,(H,18,20)(H,19,22). The molecule has 1 aromatic carbocycles. The minimum absolute atomic E-state index is 0.0566. The molecule has 0 aliphatic carbocycles. The van der Waals surface area contributed by atoms with Crippen LogP contribution in [0.5, 0.6) is 0 Å². The number of hydrogen-bond donors (Lipinski definition) is 2. The maximum atomic E-state index is 11.9. The van der Waals surface area contributed by atoms with E-state index in [0.717, 1.165) is 32.1 Å². The number of amides is 1. The quantitative estimate of drug-likeness (QED) is 0.466. The van der Waals surface area contributed by atoms with Crippen LogP contribution in [-0.4, -0.2) is 63.7 Å². The van der Waals surface area contributed by atoms with Crippen LogP contribution in [-0.2, 0) is 4.74 Å². The van der Waals surface area contributed by atoms with Crippen molar-refractivity contribution in [3.63, 3.8) is 0 Å². The molecule has 1 heterocycles. The van der Waals surface area contributed by atoms with Crippen molar-refractivity contribution in [3.05, 3.63) is 35.9 Å². The number of carbonyl (C=O) groups excluding carboxylic acids is 1. The van der Waals surface area contributed by atoms with Crippen LogP contribution in [0.2, 0.25) is 0 Å². The first kappa shape index (κ1) is 17.3. The van der Waals surface area contributed by atoms with Crippen molar-refractivity contribution in [2.45, 2.75) is 6.42 Å². The minimum atomic E-state index is -0.0566. The average molecular weight is 318 g/mol. The number of guanidine groups is 1. The van der Waals surface area contributed by atoms with Crippen molar-refractivity contribution in [1.29, 1.82) is 0 Å². The Labute approximate surface area is 137 Å². The highest BCUT2D eigenvalue weighted by molar-refractivity contribution is 5.94. The van der Waals surface area contributed by atoms with Crippen LogP contribution in [0, 0.1) is 5.92 Å². The van der Waals surface area contributed by atoms with E-state index in [2.05, 4.69) is 20.5 Å². The molecule has 1 atom stereocenters. The molecule has 6 nitrogen and oxygen atoms in total. The number of rotatable bonds is 6. The molecule has 1 fully saturated rings. The van der Waals surface area contributed by atoms with Crippen molar-refractivity contribution in [1.82, 2.24) is 15.5 Å². The molecule has 1 aromatic rings. The lowest BCUT2D eigenvalue weighted by Crippen LogP contribution is -2.44. The fraction of sp³-hybridized carbons (Fsp3) is 0.529. The molecule has 0 aromatic heterocycles. The van der Waals surface area contributed by atoms with Crippen molar-refractivity contribution in [2.24, 2.45) is 10.9 Å². The van der Waals surface area contributed by atoms with Gasteiger partial charge in [0, 0.05) is 51.8 Å². The first-order valence-electron chi connectivity index (χ1n) is 8.03. The first-order chi connectivity index (χ1) is 11.2. The van der Waals surface area contributed by atoms with Gasteiger partial charge in [-0.1, -0.05) is 18.2 Å². The molecular formula is C17H26N4O2. The van der Waals surface area contributed by atoms with Crippen LogP contribution in [0.15, 0.2) is 35.3 Å². The molecule has 2 N–H and O–H groups in total. The minimum Gasteiger partial charge on any atom is -0.381 e. The fourth-order valence-corrected chi connectivity index (χ4v) is 2.63. The van der Waals surface area contributed by atoms with Crippen molar-refractivity contribution in [2.75, 3.05) is 46.9 Å². The smallest absolute Gasteiger partial charge is 0.251 e. The molecule has 2 rings (SSSR count). The molecule has 0 saturated carbocycles. The van der Waals surface area contributed by atoms with Crippen LogP contribution in [0.4, 0.5) is 0 Å². The number of aliphatic imine (C=N–C) groups is 1. The largest absolute Gasteiger partial charge is 0.381 e. The Morgan fingerprint density at radius 2 is 2.04 bits per heavy atom. The van der Waals surface area contributed by atoms with Gasteiger partial charge in [-0.3, -0.25) is 9.79 Å². The molecule has 1 amide bonds. The molecular weight excluding hydrogens is 292 g/mol. The lowest BCUT2D eigenvalue weighted by atomic mass is 10.1. The Bertz CT molecular complexity index is 513. The second kappa shape index (κ2) is 9.15. The summed E-state index contributed by atoms with van der Waals surface area (Å²) in [5.41, 5.74) is 0.676. The summed E-state index contributed by atoms with van der Waals surface area (Å²) in [7, 11) is 3.79. The summed E-state index contributed by atoms with van der Waals surface area (Å²) in [6.45, 7) is 3.80. The van der Waals surface area contributed by atoms with Gasteiger partial charge < -0.3 is 20.3 Å². The third kappa shape index (κ3) is 5.56. The maximum absolute atomic E-state index is 11.9. The van der Waals surface area contributed by atoms with Crippen molar-refractivity contribution in [3.8, 4) is 0 Å². The van der Waals surface area contributed by atoms with Gasteiger partial charge >= 0.3 is 0 Å². The zero-order valence-electron chi connectivity index (χ0n) is 13.9. The first-order valence-corrected chi connectivity index (χ1v) is 8.03. The second-order valence-electron chi connectivity index (χ2n) is 5.71. The molecule has 0 spiro atoms. The van der Waals surface area contributed by atoms with E-state index in [-0.39, 0.29) is 5.91 Å². The van der Waals surface area contributed by atoms with Crippen molar-refractivity contribution >= 4 is 11.9 Å². The summed E-state index contributed by atoms with van der Waals surface area (Å²) in [5, 5.41) is 6.17. The summed E-state index contributed by atoms with van der Waals surface area (Å²) in [6, 6.07) is 9.22. The SMILES string of the molecule is CN=C(NCCNC(=O)c1ccccc1)N(C)CC1CCOC1. The van der Waals surface area contributed by atoms with E-state index in [4.69, 9.17) is 4.74 Å². The summed E-state index contributed by atoms with van der Waals surface area (Å²) in [4.78, 5) is 18.3. The molecule has 1 aliphatic heterocycles. The summed E-state index contributed by atoms with van der Waals surface area (Å²) in [6.07, 6.45) is 1.11. The molecule has 6 heteroatoms. The summed E-state index contributed by atoms with van der Waals surface area (Å²) in [5.74, 6) is 1.35. The van der Waals surface area contributed by atoms with Gasteiger partial charge in [0.1, 0.15) is 0 Å². The second-order valence-corrected chi connectivity index (χ2v) is 5.71. The highest BCUT2D eigenvalue weighted by atomic mass is 16.5. The van der Waals surface area contributed by atoms with E-state index >= 15 is 0 Å². The van der Waals surface area contributed by atoms with Gasteiger partial charge in [-0.05, 0) is 18.6 Å². The zero-order chi connectivity index (χ0) is 16.5. The third-order valence-electron chi connectivity index (χ3n) is 3.86. The van der Waals surface area contributed by atoms with Crippen LogP contribution in [0.1, 0.15) is 16.8 Å². The van der Waals surface area contributed by atoms with Gasteiger partial charge in [0.25, 0.3) is 5.91 Å². The predicted molar refractivity (Wildman–Crippen MR) is 91.7 cm³/mol. The Morgan fingerprint density at radius 1 is 1.30 bits per heavy atom. The normalized spacial score (nSPS) is 17.8. The Kier molecular flexibility index (Phi) is 6.87. The highest BCUT2D eigenvalue weighted by Crippen LogP contribution is 2.13. The zero-order valence-corrected chi connectivity index (χ0v) is 13.9. The van der Waals surface area contributed by atoms with E-state index in [0.29, 0.717) is 24.6 Å². The number of carbonyl (C=O) groups is 1. The number of benzene rings is 1. The van der Waals surface area contributed by atoms with Gasteiger partial charge in [-0.25, -0.2) is 0 Å². The van der Waals surface area contributed by atoms with E-state index in [9.17, 15) is 4.79 Å². The summed E-state index contributed by atoms with van der Waals surface area (Å²) < 4.78 is 5.40. The average Bonchev–Trinajstić information content (AvgIpc) is 3.08. The van der Waals surface area contributed by atoms with Gasteiger partial charge in [0.2, 0.25) is 0 Å². The summed E-state index contributed by atoms with van der Waals surface area (Å²) >= 11 is 0. The Balaban J connectivity index is 1.68. The van der Waals surface area contributed by atoms with Gasteiger partial charge in [0.05, 0.1) is 6.61 Å². The van der Waals surface area contributed by atoms with Gasteiger partial charge in [-0.2, -0.15) is 0 Å². The predicted octanol–water partition coefficient (Wildman–Crippen LogP) is 0.960. The maximum Gasteiger partial charge on any atom is 0.251 e. The van der Waals surface area contributed by atoms with E-state index < -0.39 is 0 Å². The van der Waals surface area contributed by atoms with Crippen molar-refractivity contribution < 1.29 is 9.53 Å². The molecule has 1 aliphatic rings. The molecule has 0 radical (unpaired) electrons. The van der Waals surface area contributed by atoms with E-state index in [1.807, 2.05) is 25.2 Å². The Morgan fingerprint density at radius 3 is 2.70 bits per heavy atom. The van der Waals surface area contributed by atoms with Gasteiger partial charge in [0.15, 0.2) is 5.96 Å². The van der Waals surface area contributed by atoms with E-state index in [1.165, 1.54) is 0 Å². The molecule has 126 valence electrons. The van der Waals surface area contributed by atoms with Gasteiger partial charge in [-0.15, -0.1) is 0 Å². The van der Waals surface area contributed by atoms with Crippen LogP contribution in [0.3, 0.4) is 0 Å². The molecule has 23 heavy (non-hydrogen) atoms. The number of ether oxygens (including phenoxy) is 1.